The molecule has 106 valence electrons. The minimum atomic E-state index is -4.22. The number of halogens is 3. The van der Waals surface area contributed by atoms with Gasteiger partial charge in [-0.15, -0.1) is 0 Å². The lowest BCUT2D eigenvalue weighted by atomic mass is 10.2. The molecular weight excluding hydrogens is 257 g/mol. The van der Waals surface area contributed by atoms with E-state index in [2.05, 4.69) is 4.98 Å². The van der Waals surface area contributed by atoms with E-state index < -0.39 is 12.7 Å². The summed E-state index contributed by atoms with van der Waals surface area (Å²) in [5.41, 5.74) is 6.24. The minimum Gasteiger partial charge on any atom is -0.382 e. The minimum absolute atomic E-state index is 0.163. The molecule has 0 aliphatic heterocycles. The number of amidine groups is 1. The first-order chi connectivity index (χ1) is 8.81. The van der Waals surface area contributed by atoms with Gasteiger partial charge in [0.15, 0.2) is 0 Å². The fraction of sp³-hybridized carbons (Fsp3) is 0.500. The standard InChI is InChI=1S/C12H17F3N4/c1-2-5-19(8-12(13,14)15)7-9-3-4-18-10(6-9)11(16)17/h3-4,6H,2,5,7-8H2,1H3,(H3,16,17). The van der Waals surface area contributed by atoms with E-state index in [-0.39, 0.29) is 18.1 Å². The first kappa shape index (κ1) is 15.4. The molecule has 0 saturated heterocycles. The Balaban J connectivity index is 2.78. The smallest absolute Gasteiger partial charge is 0.382 e. The molecule has 1 aromatic rings. The van der Waals surface area contributed by atoms with Crippen molar-refractivity contribution in [3.05, 3.63) is 29.6 Å². The van der Waals surface area contributed by atoms with Crippen molar-refractivity contribution < 1.29 is 13.2 Å². The molecule has 0 spiro atoms. The zero-order chi connectivity index (χ0) is 14.5. The molecule has 0 fully saturated rings. The van der Waals surface area contributed by atoms with Crippen molar-refractivity contribution in [3.63, 3.8) is 0 Å². The van der Waals surface area contributed by atoms with Crippen LogP contribution in [0.5, 0.6) is 0 Å². The summed E-state index contributed by atoms with van der Waals surface area (Å²) in [4.78, 5) is 5.20. The van der Waals surface area contributed by atoms with E-state index in [9.17, 15) is 13.2 Å². The molecular formula is C12H17F3N4. The zero-order valence-electron chi connectivity index (χ0n) is 10.7. The lowest BCUT2D eigenvalue weighted by molar-refractivity contribution is -0.147. The molecule has 4 nitrogen and oxygen atoms in total. The molecule has 1 heterocycles. The average molecular weight is 274 g/mol. The molecule has 19 heavy (non-hydrogen) atoms. The number of alkyl halides is 3. The Morgan fingerprint density at radius 3 is 2.68 bits per heavy atom. The van der Waals surface area contributed by atoms with Crippen molar-refractivity contribution in [1.82, 2.24) is 9.88 Å². The number of aromatic nitrogens is 1. The van der Waals surface area contributed by atoms with Gasteiger partial charge in [0.05, 0.1) is 6.54 Å². The molecule has 7 heteroatoms. The summed E-state index contributed by atoms with van der Waals surface area (Å²) in [5, 5.41) is 7.26. The van der Waals surface area contributed by atoms with Crippen LogP contribution < -0.4 is 5.73 Å². The number of nitrogens with two attached hydrogens (primary N) is 1. The van der Waals surface area contributed by atoms with Gasteiger partial charge in [0.2, 0.25) is 0 Å². The maximum absolute atomic E-state index is 12.4. The third-order valence-electron chi connectivity index (χ3n) is 2.45. The SMILES string of the molecule is CCCN(Cc1ccnc(C(=N)N)c1)CC(F)(F)F. The quantitative estimate of drug-likeness (QED) is 0.617. The summed E-state index contributed by atoms with van der Waals surface area (Å²) >= 11 is 0. The Hall–Kier alpha value is -1.63. The van der Waals surface area contributed by atoms with Crippen LogP contribution in [0, 0.1) is 5.41 Å². The predicted molar refractivity (Wildman–Crippen MR) is 66.9 cm³/mol. The summed E-state index contributed by atoms with van der Waals surface area (Å²) in [5.74, 6) is -0.195. The summed E-state index contributed by atoms with van der Waals surface area (Å²) in [6.45, 7) is 1.41. The van der Waals surface area contributed by atoms with Crippen molar-refractivity contribution >= 4 is 5.84 Å². The van der Waals surface area contributed by atoms with Crippen molar-refractivity contribution in [2.24, 2.45) is 5.73 Å². The van der Waals surface area contributed by atoms with E-state index in [4.69, 9.17) is 11.1 Å². The Morgan fingerprint density at radius 2 is 2.16 bits per heavy atom. The fourth-order valence-electron chi connectivity index (χ4n) is 1.76. The van der Waals surface area contributed by atoms with Crippen molar-refractivity contribution in [1.29, 1.82) is 5.41 Å². The highest BCUT2D eigenvalue weighted by molar-refractivity contribution is 5.93. The second-order valence-corrected chi connectivity index (χ2v) is 4.29. The van der Waals surface area contributed by atoms with Crippen LogP contribution >= 0.6 is 0 Å². The molecule has 1 rings (SSSR count). The third kappa shape index (κ3) is 5.69. The van der Waals surface area contributed by atoms with Gasteiger partial charge in [-0.3, -0.25) is 15.3 Å². The highest BCUT2D eigenvalue weighted by atomic mass is 19.4. The number of pyridine rings is 1. The van der Waals surface area contributed by atoms with Crippen molar-refractivity contribution in [3.8, 4) is 0 Å². The van der Waals surface area contributed by atoms with E-state index in [0.29, 0.717) is 18.5 Å². The summed E-state index contributed by atoms with van der Waals surface area (Å²) < 4.78 is 37.3. The molecule has 0 aliphatic rings. The van der Waals surface area contributed by atoms with Gasteiger partial charge >= 0.3 is 6.18 Å². The molecule has 0 radical (unpaired) electrons. The largest absolute Gasteiger partial charge is 0.401 e. The first-order valence-electron chi connectivity index (χ1n) is 5.90. The number of nitrogen functional groups attached to an aromatic ring is 1. The van der Waals surface area contributed by atoms with Crippen LogP contribution in [0.15, 0.2) is 18.3 Å². The molecule has 0 unspecified atom stereocenters. The lowest BCUT2D eigenvalue weighted by Crippen LogP contribution is -2.34. The van der Waals surface area contributed by atoms with Crippen LogP contribution in [0.3, 0.4) is 0 Å². The first-order valence-corrected chi connectivity index (χ1v) is 5.90. The number of nitrogens with one attached hydrogen (secondary N) is 1. The Morgan fingerprint density at radius 1 is 1.47 bits per heavy atom. The number of rotatable bonds is 6. The Kier molecular flexibility index (Phi) is 5.29. The molecule has 0 aliphatic carbocycles. The van der Waals surface area contributed by atoms with Gasteiger partial charge in [-0.05, 0) is 30.7 Å². The second-order valence-electron chi connectivity index (χ2n) is 4.29. The molecule has 3 N–H and O–H groups in total. The van der Waals surface area contributed by atoms with Crippen molar-refractivity contribution in [2.45, 2.75) is 26.1 Å². The lowest BCUT2D eigenvalue weighted by Gasteiger charge is -2.23. The van der Waals surface area contributed by atoms with Gasteiger partial charge in [-0.25, -0.2) is 0 Å². The van der Waals surface area contributed by atoms with Crippen LogP contribution in [-0.2, 0) is 6.54 Å². The maximum atomic E-state index is 12.4. The summed E-state index contributed by atoms with van der Waals surface area (Å²) in [6, 6.07) is 3.17. The van der Waals surface area contributed by atoms with E-state index in [1.807, 2.05) is 6.92 Å². The molecule has 0 amide bonds. The molecule has 0 atom stereocenters. The predicted octanol–water partition coefficient (Wildman–Crippen LogP) is 2.14. The summed E-state index contributed by atoms with van der Waals surface area (Å²) in [7, 11) is 0. The molecule has 1 aromatic heterocycles. The van der Waals surface area contributed by atoms with Crippen LogP contribution in [0.2, 0.25) is 0 Å². The van der Waals surface area contributed by atoms with Crippen LogP contribution in [0.4, 0.5) is 13.2 Å². The van der Waals surface area contributed by atoms with E-state index in [0.717, 1.165) is 0 Å². The highest BCUT2D eigenvalue weighted by Crippen LogP contribution is 2.18. The number of nitrogens with zero attached hydrogens (tertiary/aromatic N) is 2. The highest BCUT2D eigenvalue weighted by Gasteiger charge is 2.30. The van der Waals surface area contributed by atoms with E-state index in [1.54, 1.807) is 12.1 Å². The normalized spacial score (nSPS) is 11.8. The maximum Gasteiger partial charge on any atom is 0.401 e. The third-order valence-corrected chi connectivity index (χ3v) is 2.45. The Bertz CT molecular complexity index is 431. The fourth-order valence-corrected chi connectivity index (χ4v) is 1.76. The summed E-state index contributed by atoms with van der Waals surface area (Å²) in [6.07, 6.45) is -2.13. The molecule has 0 saturated carbocycles. The van der Waals surface area contributed by atoms with Gasteiger partial charge in [0.25, 0.3) is 0 Å². The van der Waals surface area contributed by atoms with Crippen LogP contribution in [-0.4, -0.2) is 35.0 Å². The van der Waals surface area contributed by atoms with Gasteiger partial charge in [0, 0.05) is 12.7 Å². The van der Waals surface area contributed by atoms with Gasteiger partial charge in [-0.1, -0.05) is 6.92 Å². The van der Waals surface area contributed by atoms with Crippen LogP contribution in [0.25, 0.3) is 0 Å². The Labute approximate surface area is 109 Å². The zero-order valence-corrected chi connectivity index (χ0v) is 10.7. The van der Waals surface area contributed by atoms with Crippen LogP contribution in [0.1, 0.15) is 24.6 Å². The molecule has 0 bridgehead atoms. The van der Waals surface area contributed by atoms with Crippen molar-refractivity contribution in [2.75, 3.05) is 13.1 Å². The van der Waals surface area contributed by atoms with E-state index >= 15 is 0 Å². The second kappa shape index (κ2) is 6.51. The van der Waals surface area contributed by atoms with Gasteiger partial charge < -0.3 is 5.73 Å². The van der Waals surface area contributed by atoms with Gasteiger partial charge in [0.1, 0.15) is 11.5 Å². The average Bonchev–Trinajstić information content (AvgIpc) is 2.27. The number of hydrogen-bond acceptors (Lipinski definition) is 3. The van der Waals surface area contributed by atoms with Gasteiger partial charge in [-0.2, -0.15) is 13.2 Å². The molecule has 0 aromatic carbocycles. The van der Waals surface area contributed by atoms with E-state index in [1.165, 1.54) is 11.1 Å². The monoisotopic (exact) mass is 274 g/mol. The topological polar surface area (TPSA) is 66.0 Å². The number of hydrogen-bond donors (Lipinski definition) is 2.